The Morgan fingerprint density at radius 1 is 1.31 bits per heavy atom. The minimum absolute atomic E-state index is 0.758. The van der Waals surface area contributed by atoms with Crippen molar-refractivity contribution in [1.29, 1.82) is 0 Å². The fourth-order valence-corrected chi connectivity index (χ4v) is 3.19. The smallest absolute Gasteiger partial charge is 0.151 e. The molecule has 0 radical (unpaired) electrons. The Bertz CT molecular complexity index is 476. The quantitative estimate of drug-likeness (QED) is 0.719. The van der Waals surface area contributed by atoms with E-state index in [1.807, 2.05) is 17.5 Å². The van der Waals surface area contributed by atoms with E-state index in [0.717, 1.165) is 30.9 Å². The average Bonchev–Trinajstić information content (AvgIpc) is 2.55. The van der Waals surface area contributed by atoms with E-state index in [4.69, 9.17) is 0 Å². The number of carbonyl (C=O) groups excluding carboxylic acids is 1. The molecule has 13 heavy (non-hydrogen) atoms. The van der Waals surface area contributed by atoms with Crippen molar-refractivity contribution < 1.29 is 4.79 Å². The minimum Gasteiger partial charge on any atom is -0.298 e. The van der Waals surface area contributed by atoms with Gasteiger partial charge in [-0.2, -0.15) is 0 Å². The number of halogens is 2. The van der Waals surface area contributed by atoms with Crippen LogP contribution in [-0.4, -0.2) is 6.29 Å². The van der Waals surface area contributed by atoms with Gasteiger partial charge in [-0.25, -0.2) is 0 Å². The van der Waals surface area contributed by atoms with Crippen molar-refractivity contribution in [2.75, 3.05) is 0 Å². The first-order valence-electron chi connectivity index (χ1n) is 3.54. The van der Waals surface area contributed by atoms with Gasteiger partial charge in [0.05, 0.1) is 4.70 Å². The highest BCUT2D eigenvalue weighted by Gasteiger charge is 2.07. The van der Waals surface area contributed by atoms with Gasteiger partial charge in [0.2, 0.25) is 0 Å². The van der Waals surface area contributed by atoms with Crippen LogP contribution in [0, 0.1) is 0 Å². The Balaban J connectivity index is 2.88. The number of hydrogen-bond donors (Lipinski definition) is 0. The van der Waals surface area contributed by atoms with Crippen molar-refractivity contribution in [3.8, 4) is 0 Å². The third-order valence-electron chi connectivity index (χ3n) is 1.79. The Morgan fingerprint density at radius 3 is 2.77 bits per heavy atom. The van der Waals surface area contributed by atoms with Gasteiger partial charge in [0, 0.05) is 25.3 Å². The predicted octanol–water partition coefficient (Wildman–Crippen LogP) is 4.24. The van der Waals surface area contributed by atoms with Crippen molar-refractivity contribution in [1.82, 2.24) is 0 Å². The van der Waals surface area contributed by atoms with Crippen LogP contribution in [-0.2, 0) is 0 Å². The van der Waals surface area contributed by atoms with Gasteiger partial charge in [0.1, 0.15) is 0 Å². The molecule has 1 heterocycles. The molecule has 0 unspecified atom stereocenters. The van der Waals surface area contributed by atoms with Crippen LogP contribution in [0.25, 0.3) is 10.1 Å². The molecule has 0 saturated heterocycles. The van der Waals surface area contributed by atoms with Crippen LogP contribution >= 0.6 is 43.2 Å². The summed E-state index contributed by atoms with van der Waals surface area (Å²) in [6.07, 6.45) is 0.888. The van der Waals surface area contributed by atoms with Gasteiger partial charge in [-0.05, 0) is 37.9 Å². The molecule has 0 amide bonds. The second-order valence-electron chi connectivity index (χ2n) is 2.55. The van der Waals surface area contributed by atoms with Crippen LogP contribution in [0.2, 0.25) is 0 Å². The Hall–Kier alpha value is -0.190. The zero-order valence-electron chi connectivity index (χ0n) is 6.38. The van der Waals surface area contributed by atoms with Gasteiger partial charge in [0.15, 0.2) is 6.29 Å². The lowest BCUT2D eigenvalue weighted by atomic mass is 10.2. The summed E-state index contributed by atoms with van der Waals surface area (Å²) < 4.78 is 3.14. The monoisotopic (exact) mass is 318 g/mol. The van der Waals surface area contributed by atoms with Gasteiger partial charge in [0.25, 0.3) is 0 Å². The molecule has 0 atom stereocenters. The molecule has 0 fully saturated rings. The Kier molecular flexibility index (Phi) is 2.53. The molecule has 1 aromatic carbocycles. The topological polar surface area (TPSA) is 17.1 Å². The predicted molar refractivity (Wildman–Crippen MR) is 62.6 cm³/mol. The first-order valence-corrected chi connectivity index (χ1v) is 6.01. The second-order valence-corrected chi connectivity index (χ2v) is 5.07. The van der Waals surface area contributed by atoms with Crippen LogP contribution in [0.4, 0.5) is 0 Å². The van der Waals surface area contributed by atoms with Gasteiger partial charge >= 0.3 is 0 Å². The molecular formula is C9H4Br2OS. The first-order chi connectivity index (χ1) is 6.24. The SMILES string of the molecule is O=Cc1csc2c(Br)c(Br)ccc12. The molecule has 2 aromatic rings. The number of carbonyl (C=O) groups is 1. The van der Waals surface area contributed by atoms with Gasteiger partial charge in [-0.15, -0.1) is 11.3 Å². The molecule has 1 nitrogen and oxygen atoms in total. The Morgan fingerprint density at radius 2 is 2.08 bits per heavy atom. The Labute approximate surface area is 96.0 Å². The van der Waals surface area contributed by atoms with E-state index in [1.165, 1.54) is 0 Å². The number of aldehydes is 1. The molecule has 66 valence electrons. The first kappa shape index (κ1) is 9.37. The van der Waals surface area contributed by atoms with Gasteiger partial charge < -0.3 is 0 Å². The fraction of sp³-hybridized carbons (Fsp3) is 0. The standard InChI is InChI=1S/C9H4Br2OS/c10-7-2-1-6-5(3-12)4-13-9(6)8(7)11/h1-4H. The molecular weight excluding hydrogens is 316 g/mol. The molecule has 0 bridgehead atoms. The van der Waals surface area contributed by atoms with Gasteiger partial charge in [-0.1, -0.05) is 6.07 Å². The van der Waals surface area contributed by atoms with Crippen LogP contribution in [0.3, 0.4) is 0 Å². The number of hydrogen-bond acceptors (Lipinski definition) is 2. The van der Waals surface area contributed by atoms with Crippen molar-refractivity contribution in [3.63, 3.8) is 0 Å². The van der Waals surface area contributed by atoms with Crippen LogP contribution in [0.1, 0.15) is 10.4 Å². The number of benzene rings is 1. The molecule has 0 saturated carbocycles. The molecule has 0 aliphatic carbocycles. The second kappa shape index (κ2) is 3.52. The number of fused-ring (bicyclic) bond motifs is 1. The highest BCUT2D eigenvalue weighted by atomic mass is 79.9. The lowest BCUT2D eigenvalue weighted by Gasteiger charge is -1.96. The van der Waals surface area contributed by atoms with E-state index in [-0.39, 0.29) is 0 Å². The third-order valence-corrected chi connectivity index (χ3v) is 5.10. The van der Waals surface area contributed by atoms with E-state index in [9.17, 15) is 4.79 Å². The third kappa shape index (κ3) is 1.47. The summed E-state index contributed by atoms with van der Waals surface area (Å²) >= 11 is 8.46. The number of rotatable bonds is 1. The molecule has 1 aromatic heterocycles. The molecule has 0 aliphatic heterocycles. The zero-order chi connectivity index (χ0) is 9.42. The van der Waals surface area contributed by atoms with E-state index < -0.39 is 0 Å². The summed E-state index contributed by atoms with van der Waals surface area (Å²) in [4.78, 5) is 10.7. The van der Waals surface area contributed by atoms with Crippen molar-refractivity contribution in [3.05, 3.63) is 32.0 Å². The van der Waals surface area contributed by atoms with Crippen molar-refractivity contribution >= 4 is 59.6 Å². The van der Waals surface area contributed by atoms with E-state index in [1.54, 1.807) is 11.3 Å². The summed E-state index contributed by atoms with van der Waals surface area (Å²) in [7, 11) is 0. The summed E-state index contributed by atoms with van der Waals surface area (Å²) in [5.41, 5.74) is 0.758. The molecule has 2 rings (SSSR count). The molecule has 0 N–H and O–H groups in total. The summed E-state index contributed by atoms with van der Waals surface area (Å²) in [6, 6.07) is 3.89. The highest BCUT2D eigenvalue weighted by molar-refractivity contribution is 9.13. The lowest BCUT2D eigenvalue weighted by Crippen LogP contribution is -1.75. The lowest BCUT2D eigenvalue weighted by molar-refractivity contribution is 0.112. The van der Waals surface area contributed by atoms with Crippen LogP contribution in [0.15, 0.2) is 26.5 Å². The molecule has 0 spiro atoms. The fourth-order valence-electron chi connectivity index (χ4n) is 1.15. The summed E-state index contributed by atoms with van der Waals surface area (Å²) in [6.45, 7) is 0. The van der Waals surface area contributed by atoms with Crippen molar-refractivity contribution in [2.45, 2.75) is 0 Å². The van der Waals surface area contributed by atoms with Gasteiger partial charge in [-0.3, -0.25) is 4.79 Å². The highest BCUT2D eigenvalue weighted by Crippen LogP contribution is 2.36. The van der Waals surface area contributed by atoms with E-state index in [0.29, 0.717) is 0 Å². The normalized spacial score (nSPS) is 10.6. The maximum absolute atomic E-state index is 10.7. The zero-order valence-corrected chi connectivity index (χ0v) is 10.4. The van der Waals surface area contributed by atoms with Crippen LogP contribution in [0.5, 0.6) is 0 Å². The van der Waals surface area contributed by atoms with E-state index >= 15 is 0 Å². The molecule has 4 heteroatoms. The average molecular weight is 320 g/mol. The van der Waals surface area contributed by atoms with Crippen LogP contribution < -0.4 is 0 Å². The van der Waals surface area contributed by atoms with E-state index in [2.05, 4.69) is 31.9 Å². The maximum atomic E-state index is 10.7. The van der Waals surface area contributed by atoms with Crippen molar-refractivity contribution in [2.24, 2.45) is 0 Å². The largest absolute Gasteiger partial charge is 0.298 e. The number of thiophene rings is 1. The summed E-state index contributed by atoms with van der Waals surface area (Å²) in [5.74, 6) is 0. The maximum Gasteiger partial charge on any atom is 0.151 e. The summed E-state index contributed by atoms with van der Waals surface area (Å²) in [5, 5.41) is 2.88. The minimum atomic E-state index is 0.758. The molecule has 0 aliphatic rings.